The monoisotopic (exact) mass is 886 g/mol. The molecule has 0 radical (unpaired) electrons. The minimum atomic E-state index is 0.871. The fourth-order valence-electron chi connectivity index (χ4n) is 12.4. The van der Waals surface area contributed by atoms with Crippen molar-refractivity contribution in [2.24, 2.45) is 0 Å². The van der Waals surface area contributed by atoms with Gasteiger partial charge in [-0.25, -0.2) is 0 Å². The van der Waals surface area contributed by atoms with E-state index in [4.69, 9.17) is 9.47 Å². The van der Waals surface area contributed by atoms with Crippen LogP contribution in [-0.2, 0) is 0 Å². The van der Waals surface area contributed by atoms with Crippen molar-refractivity contribution in [1.82, 2.24) is 0 Å². The molecule has 2 heterocycles. The van der Waals surface area contributed by atoms with Crippen LogP contribution in [0.5, 0.6) is 23.0 Å². The average Bonchev–Trinajstić information content (AvgIpc) is 3.42. The molecule has 0 saturated carbocycles. The molecule has 2 nitrogen and oxygen atoms in total. The summed E-state index contributed by atoms with van der Waals surface area (Å²) in [4.78, 5) is 0. The van der Waals surface area contributed by atoms with Crippen molar-refractivity contribution >= 4 is 75.4 Å². The standard InChI is InChI=1S/C68H38O2/c1-3-18-43-39(12-1)14-7-21-45(43)58-37-57(42-28-29-49-51-23-9-16-41-17-10-26-62(65(41)51)70-64(49)36-42)53-32-33-55-59(46-22-8-15-40-13-2-4-19-44(40)46)38-60(56-35-34-54(58)67(53)68(55)56)47-30-31-52-48-20-5-6-25-61(48)69-63-27-11-24-50(47)66(52)63/h1-38H. The summed E-state index contributed by atoms with van der Waals surface area (Å²) in [5.41, 5.74) is 14.1. The number of fused-ring (bicyclic) bond motifs is 6. The Kier molecular flexibility index (Phi) is 7.64. The molecule has 16 rings (SSSR count). The number of benzene rings is 14. The maximum absolute atomic E-state index is 6.85. The molecule has 0 atom stereocenters. The second-order valence-corrected chi connectivity index (χ2v) is 19.0. The van der Waals surface area contributed by atoms with Gasteiger partial charge in [0.15, 0.2) is 0 Å². The van der Waals surface area contributed by atoms with E-state index in [-0.39, 0.29) is 0 Å². The average molecular weight is 887 g/mol. The van der Waals surface area contributed by atoms with Gasteiger partial charge >= 0.3 is 0 Å². The minimum Gasteiger partial charge on any atom is -0.456 e. The lowest BCUT2D eigenvalue weighted by molar-refractivity contribution is 0.487. The van der Waals surface area contributed by atoms with Gasteiger partial charge in [-0.2, -0.15) is 0 Å². The smallest absolute Gasteiger partial charge is 0.135 e. The molecule has 0 amide bonds. The van der Waals surface area contributed by atoms with Crippen LogP contribution in [0.25, 0.3) is 142 Å². The van der Waals surface area contributed by atoms with E-state index in [0.717, 1.165) is 50.5 Å². The third-order valence-electron chi connectivity index (χ3n) is 15.4. The third kappa shape index (κ3) is 5.22. The Labute approximate surface area is 403 Å². The zero-order valence-corrected chi connectivity index (χ0v) is 37.8. The number of para-hydroxylation sites is 1. The quantitative estimate of drug-likeness (QED) is 0.164. The first-order chi connectivity index (χ1) is 34.7. The Morgan fingerprint density at radius 1 is 0.186 bits per heavy atom. The summed E-state index contributed by atoms with van der Waals surface area (Å²) in [5.74, 6) is 3.55. The highest BCUT2D eigenvalue weighted by molar-refractivity contribution is 6.33. The van der Waals surface area contributed by atoms with Crippen molar-refractivity contribution in [1.29, 1.82) is 0 Å². The van der Waals surface area contributed by atoms with Crippen molar-refractivity contribution < 1.29 is 9.47 Å². The van der Waals surface area contributed by atoms with Gasteiger partial charge in [0, 0.05) is 21.9 Å². The number of ether oxygens (including phenoxy) is 2. The Hall–Kier alpha value is -9.24. The van der Waals surface area contributed by atoms with Crippen LogP contribution < -0.4 is 9.47 Å². The lowest BCUT2D eigenvalue weighted by atomic mass is 9.80. The van der Waals surface area contributed by atoms with Gasteiger partial charge in [0.2, 0.25) is 0 Å². The SMILES string of the molecule is c1ccc2c(c1)Oc1cccc3c(-c4cc(-c5cccc6ccccc56)c5ccc6c(-c7ccc8c(c7)Oc7cccc9cccc-8c79)cc(-c7cccc8ccccc78)c7ccc4c5c67)ccc-2c13. The maximum Gasteiger partial charge on any atom is 0.135 e. The molecule has 70 heavy (non-hydrogen) atoms. The van der Waals surface area contributed by atoms with Gasteiger partial charge in [-0.1, -0.05) is 188 Å². The normalized spacial score (nSPS) is 12.5. The van der Waals surface area contributed by atoms with Gasteiger partial charge in [0.25, 0.3) is 0 Å². The molecule has 0 aromatic heterocycles. The second kappa shape index (κ2) is 14.1. The number of hydrogen-bond acceptors (Lipinski definition) is 2. The first-order valence-electron chi connectivity index (χ1n) is 24.1. The fraction of sp³-hybridized carbons (Fsp3) is 0. The first kappa shape index (κ1) is 37.8. The lowest BCUT2D eigenvalue weighted by Crippen LogP contribution is -1.99. The molecular formula is C68H38O2. The van der Waals surface area contributed by atoms with Crippen molar-refractivity contribution in [3.8, 4) is 89.8 Å². The van der Waals surface area contributed by atoms with E-state index in [9.17, 15) is 0 Å². The molecule has 0 saturated heterocycles. The van der Waals surface area contributed by atoms with E-state index in [1.165, 1.54) is 115 Å². The molecule has 0 spiro atoms. The minimum absolute atomic E-state index is 0.871. The topological polar surface area (TPSA) is 18.5 Å². The summed E-state index contributed by atoms with van der Waals surface area (Å²) in [6.45, 7) is 0. The molecule has 0 unspecified atom stereocenters. The maximum atomic E-state index is 6.85. The summed E-state index contributed by atoms with van der Waals surface area (Å²) < 4.78 is 13.5. The molecule has 0 bridgehead atoms. The summed E-state index contributed by atoms with van der Waals surface area (Å²) >= 11 is 0. The molecule has 14 aromatic carbocycles. The zero-order valence-electron chi connectivity index (χ0n) is 37.8. The van der Waals surface area contributed by atoms with Crippen LogP contribution in [0.15, 0.2) is 231 Å². The molecule has 2 aliphatic rings. The highest BCUT2D eigenvalue weighted by Gasteiger charge is 2.27. The largest absolute Gasteiger partial charge is 0.456 e. The predicted octanol–water partition coefficient (Wildman–Crippen LogP) is 19.4. The predicted molar refractivity (Wildman–Crippen MR) is 293 cm³/mol. The summed E-state index contributed by atoms with van der Waals surface area (Å²) in [6, 6.07) is 84.8. The third-order valence-corrected chi connectivity index (χ3v) is 15.4. The molecule has 0 aliphatic carbocycles. The van der Waals surface area contributed by atoms with E-state index >= 15 is 0 Å². The molecule has 322 valence electrons. The Morgan fingerprint density at radius 2 is 0.586 bits per heavy atom. The van der Waals surface area contributed by atoms with E-state index < -0.39 is 0 Å². The Bertz CT molecular complexity index is 4580. The Morgan fingerprint density at radius 3 is 1.29 bits per heavy atom. The molecule has 0 fully saturated rings. The molecule has 14 aromatic rings. The van der Waals surface area contributed by atoms with E-state index in [0.29, 0.717) is 0 Å². The van der Waals surface area contributed by atoms with Crippen molar-refractivity contribution in [3.05, 3.63) is 231 Å². The zero-order chi connectivity index (χ0) is 45.6. The van der Waals surface area contributed by atoms with Crippen LogP contribution in [-0.4, -0.2) is 0 Å². The summed E-state index contributed by atoms with van der Waals surface area (Å²) in [5, 5.41) is 17.0. The van der Waals surface area contributed by atoms with Crippen molar-refractivity contribution in [2.45, 2.75) is 0 Å². The van der Waals surface area contributed by atoms with Gasteiger partial charge in [-0.3, -0.25) is 0 Å². The molecule has 0 N–H and O–H groups in total. The summed E-state index contributed by atoms with van der Waals surface area (Å²) in [7, 11) is 0. The van der Waals surface area contributed by atoms with Gasteiger partial charge in [-0.15, -0.1) is 0 Å². The highest BCUT2D eigenvalue weighted by atomic mass is 16.5. The van der Waals surface area contributed by atoms with Gasteiger partial charge in [0.1, 0.15) is 23.0 Å². The van der Waals surface area contributed by atoms with Gasteiger partial charge in [0.05, 0.1) is 0 Å². The van der Waals surface area contributed by atoms with Gasteiger partial charge < -0.3 is 9.47 Å². The number of hydrogen-bond donors (Lipinski definition) is 0. The van der Waals surface area contributed by atoms with Crippen molar-refractivity contribution in [3.63, 3.8) is 0 Å². The van der Waals surface area contributed by atoms with Crippen molar-refractivity contribution in [2.75, 3.05) is 0 Å². The molecule has 2 heteroatoms. The number of rotatable bonds is 4. The molecule has 2 aliphatic heterocycles. The van der Waals surface area contributed by atoms with E-state index in [1.54, 1.807) is 0 Å². The van der Waals surface area contributed by atoms with Crippen LogP contribution in [0.1, 0.15) is 0 Å². The van der Waals surface area contributed by atoms with E-state index in [2.05, 4.69) is 224 Å². The lowest BCUT2D eigenvalue weighted by Gasteiger charge is -2.25. The fourth-order valence-corrected chi connectivity index (χ4v) is 12.4. The van der Waals surface area contributed by atoms with Crippen LogP contribution >= 0.6 is 0 Å². The second-order valence-electron chi connectivity index (χ2n) is 19.0. The van der Waals surface area contributed by atoms with Crippen LogP contribution in [0.4, 0.5) is 0 Å². The van der Waals surface area contributed by atoms with Crippen LogP contribution in [0, 0.1) is 0 Å². The van der Waals surface area contributed by atoms with E-state index in [1.807, 2.05) is 6.07 Å². The van der Waals surface area contributed by atoms with Crippen LogP contribution in [0.3, 0.4) is 0 Å². The highest BCUT2D eigenvalue weighted by Crippen LogP contribution is 2.54. The Balaban J connectivity index is 1.04. The van der Waals surface area contributed by atoms with Crippen LogP contribution in [0.2, 0.25) is 0 Å². The van der Waals surface area contributed by atoms with Gasteiger partial charge in [-0.05, 0) is 163 Å². The summed E-state index contributed by atoms with van der Waals surface area (Å²) in [6.07, 6.45) is 0. The molecular weight excluding hydrogens is 849 g/mol. The first-order valence-corrected chi connectivity index (χ1v) is 24.1.